The van der Waals surface area contributed by atoms with Crippen molar-refractivity contribution in [3.63, 3.8) is 0 Å². The van der Waals surface area contributed by atoms with Gasteiger partial charge in [-0.1, -0.05) is 85.9 Å². The van der Waals surface area contributed by atoms with Crippen molar-refractivity contribution in [2.24, 2.45) is 0 Å². The maximum atomic E-state index is 12.5. The zero-order chi connectivity index (χ0) is 32.8. The fourth-order valence-corrected chi connectivity index (χ4v) is 5.40. The minimum atomic E-state index is -0.0592. The van der Waals surface area contributed by atoms with Gasteiger partial charge in [-0.3, -0.25) is 9.59 Å². The first kappa shape index (κ1) is 36.3. The summed E-state index contributed by atoms with van der Waals surface area (Å²) in [6, 6.07) is 7.80. The molecule has 2 heterocycles. The summed E-state index contributed by atoms with van der Waals surface area (Å²) in [5.41, 5.74) is 7.15. The number of carbonyl (C=O) groups is 2. The van der Waals surface area contributed by atoms with Crippen LogP contribution in [0, 0.1) is 13.8 Å². The van der Waals surface area contributed by atoms with Crippen LogP contribution >= 0.6 is 0 Å². The molecular weight excluding hydrogens is 568 g/mol. The summed E-state index contributed by atoms with van der Waals surface area (Å²) in [4.78, 5) is 28.1. The lowest BCUT2D eigenvalue weighted by molar-refractivity contribution is -0.121. The highest BCUT2D eigenvalue weighted by Gasteiger charge is 2.24. The van der Waals surface area contributed by atoms with Gasteiger partial charge in [0.15, 0.2) is 0 Å². The average Bonchev–Trinajstić information content (AvgIpc) is 3.51. The molecule has 1 aromatic heterocycles. The molecule has 0 unspecified atom stereocenters. The molecule has 0 fully saturated rings. The van der Waals surface area contributed by atoms with Crippen molar-refractivity contribution in [2.45, 2.75) is 85.0 Å². The summed E-state index contributed by atoms with van der Waals surface area (Å²) >= 11 is 0. The van der Waals surface area contributed by atoms with Crippen LogP contribution in [0.4, 0.5) is 5.69 Å². The number of para-hydroxylation sites is 1. The van der Waals surface area contributed by atoms with Crippen LogP contribution in [0.3, 0.4) is 0 Å². The molecule has 0 radical (unpaired) electrons. The van der Waals surface area contributed by atoms with E-state index in [9.17, 15) is 9.59 Å². The van der Waals surface area contributed by atoms with Crippen molar-refractivity contribution in [1.82, 2.24) is 15.6 Å². The molecule has 6 heteroatoms. The van der Waals surface area contributed by atoms with Gasteiger partial charge in [0.25, 0.3) is 5.91 Å². The number of nitrogens with one attached hydrogen (secondary N) is 4. The van der Waals surface area contributed by atoms with Crippen LogP contribution in [0.1, 0.15) is 92.8 Å². The second-order valence-corrected chi connectivity index (χ2v) is 11.6. The van der Waals surface area contributed by atoms with E-state index in [1.807, 2.05) is 30.3 Å². The molecule has 2 aromatic rings. The third-order valence-corrected chi connectivity index (χ3v) is 7.97. The molecule has 4 N–H and O–H groups in total. The molecule has 1 aliphatic heterocycles. The summed E-state index contributed by atoms with van der Waals surface area (Å²) in [6.07, 6.45) is 33.3. The van der Waals surface area contributed by atoms with E-state index in [0.717, 1.165) is 93.5 Å². The molecule has 0 saturated heterocycles. The van der Waals surface area contributed by atoms with Crippen molar-refractivity contribution in [1.29, 1.82) is 0 Å². The Labute approximate surface area is 276 Å². The highest BCUT2D eigenvalue weighted by atomic mass is 16.2. The zero-order valence-electron chi connectivity index (χ0n) is 28.2. The Morgan fingerprint density at radius 2 is 1.46 bits per heavy atom. The lowest BCUT2D eigenvalue weighted by Gasteiger charge is -2.07. The van der Waals surface area contributed by atoms with Crippen molar-refractivity contribution in [3.8, 4) is 0 Å². The maximum Gasteiger partial charge on any atom is 0.256 e. The summed E-state index contributed by atoms with van der Waals surface area (Å²) in [7, 11) is 0. The maximum absolute atomic E-state index is 12.5. The number of hydrogen-bond donors (Lipinski definition) is 4. The number of amides is 2. The topological polar surface area (TPSA) is 86.0 Å². The monoisotopic (exact) mass is 622 g/mol. The van der Waals surface area contributed by atoms with E-state index in [0.29, 0.717) is 18.5 Å². The fraction of sp³-hybridized carbons (Fsp3) is 0.400. The lowest BCUT2D eigenvalue weighted by atomic mass is 10.0. The van der Waals surface area contributed by atoms with Gasteiger partial charge in [-0.25, -0.2) is 0 Å². The Morgan fingerprint density at radius 3 is 2.15 bits per heavy atom. The van der Waals surface area contributed by atoms with Crippen LogP contribution in [0.15, 0.2) is 85.0 Å². The van der Waals surface area contributed by atoms with Crippen molar-refractivity contribution < 1.29 is 9.59 Å². The normalized spacial score (nSPS) is 14.2. The predicted octanol–water partition coefficient (Wildman–Crippen LogP) is 8.68. The van der Waals surface area contributed by atoms with Gasteiger partial charge in [-0.05, 0) is 101 Å². The molecule has 0 bridgehead atoms. The van der Waals surface area contributed by atoms with Crippen LogP contribution in [-0.4, -0.2) is 36.4 Å². The number of hydrogen-bond acceptors (Lipinski definition) is 3. The quantitative estimate of drug-likeness (QED) is 0.0638. The Kier molecular flexibility index (Phi) is 17.0. The van der Waals surface area contributed by atoms with Gasteiger partial charge in [0, 0.05) is 42.1 Å². The molecule has 1 aliphatic rings. The molecule has 2 amide bonds. The molecule has 0 aliphatic carbocycles. The summed E-state index contributed by atoms with van der Waals surface area (Å²) < 4.78 is 0. The van der Waals surface area contributed by atoms with Crippen LogP contribution in [0.5, 0.6) is 0 Å². The molecule has 46 heavy (non-hydrogen) atoms. The van der Waals surface area contributed by atoms with Gasteiger partial charge in [-0.2, -0.15) is 0 Å². The Morgan fingerprint density at radius 1 is 0.804 bits per heavy atom. The van der Waals surface area contributed by atoms with E-state index in [1.54, 1.807) is 0 Å². The number of H-pyrrole nitrogens is 1. The highest BCUT2D eigenvalue weighted by Crippen LogP contribution is 2.33. The minimum absolute atomic E-state index is 0.0592. The SMILES string of the molecule is CC/C=C\CC=CCC=CC/C=C\C/C=C\CCCC(=O)NCCNCCCc1c(C)[nH]c(/C=C2\C(=O)Nc3ccccc32)c1C. The molecule has 0 saturated carbocycles. The number of allylic oxidation sites excluding steroid dienone is 10. The van der Waals surface area contributed by atoms with E-state index in [4.69, 9.17) is 0 Å². The van der Waals surface area contributed by atoms with E-state index < -0.39 is 0 Å². The summed E-state index contributed by atoms with van der Waals surface area (Å²) in [5.74, 6) is 0.0592. The van der Waals surface area contributed by atoms with Crippen molar-refractivity contribution >= 4 is 29.2 Å². The average molecular weight is 623 g/mol. The third kappa shape index (κ3) is 13.1. The molecule has 0 atom stereocenters. The number of rotatable bonds is 21. The van der Waals surface area contributed by atoms with E-state index in [1.165, 1.54) is 11.1 Å². The van der Waals surface area contributed by atoms with E-state index >= 15 is 0 Å². The van der Waals surface area contributed by atoms with Crippen LogP contribution < -0.4 is 16.0 Å². The number of unbranched alkanes of at least 4 members (excludes halogenated alkanes) is 1. The summed E-state index contributed by atoms with van der Waals surface area (Å²) in [6.45, 7) is 8.66. The molecule has 6 nitrogen and oxygen atoms in total. The first-order valence-corrected chi connectivity index (χ1v) is 17.0. The van der Waals surface area contributed by atoms with E-state index in [2.05, 4.69) is 102 Å². The second kappa shape index (κ2) is 21.6. The number of benzene rings is 1. The van der Waals surface area contributed by atoms with Gasteiger partial charge in [0.2, 0.25) is 5.91 Å². The first-order chi connectivity index (χ1) is 22.5. The van der Waals surface area contributed by atoms with Crippen molar-refractivity contribution in [2.75, 3.05) is 25.0 Å². The van der Waals surface area contributed by atoms with Gasteiger partial charge in [0.05, 0.1) is 5.57 Å². The van der Waals surface area contributed by atoms with Crippen molar-refractivity contribution in [3.05, 3.63) is 113 Å². The number of aromatic amines is 1. The smallest absolute Gasteiger partial charge is 0.256 e. The van der Waals surface area contributed by atoms with Gasteiger partial charge in [-0.15, -0.1) is 0 Å². The largest absolute Gasteiger partial charge is 0.359 e. The number of anilines is 1. The Balaban J connectivity index is 1.19. The molecule has 0 spiro atoms. The fourth-order valence-electron chi connectivity index (χ4n) is 5.40. The predicted molar refractivity (Wildman–Crippen MR) is 196 cm³/mol. The Bertz CT molecular complexity index is 1420. The van der Waals surface area contributed by atoms with Crippen LogP contribution in [0.25, 0.3) is 11.6 Å². The number of fused-ring (bicyclic) bond motifs is 1. The molecule has 3 rings (SSSR count). The lowest BCUT2D eigenvalue weighted by Crippen LogP contribution is -2.32. The number of aromatic nitrogens is 1. The minimum Gasteiger partial charge on any atom is -0.359 e. The van der Waals surface area contributed by atoms with Gasteiger partial charge < -0.3 is 20.9 Å². The first-order valence-electron chi connectivity index (χ1n) is 17.0. The highest BCUT2D eigenvalue weighted by molar-refractivity contribution is 6.34. The van der Waals surface area contributed by atoms with Gasteiger partial charge in [0.1, 0.15) is 0 Å². The third-order valence-electron chi connectivity index (χ3n) is 7.97. The molecule has 1 aromatic carbocycles. The van der Waals surface area contributed by atoms with Crippen LogP contribution in [0.2, 0.25) is 0 Å². The number of carbonyl (C=O) groups excluding carboxylic acids is 2. The molecule has 246 valence electrons. The van der Waals surface area contributed by atoms with Crippen LogP contribution in [-0.2, 0) is 16.0 Å². The summed E-state index contributed by atoms with van der Waals surface area (Å²) in [5, 5.41) is 9.40. The second-order valence-electron chi connectivity index (χ2n) is 11.6. The zero-order valence-corrected chi connectivity index (χ0v) is 28.2. The number of aryl methyl sites for hydroxylation is 1. The Hall–Kier alpha value is -4.16. The van der Waals surface area contributed by atoms with E-state index in [-0.39, 0.29) is 11.8 Å². The standard InChI is InChI=1S/C40H54N4O2/c1-4-5-6-7-8-9-10-11-12-13-14-15-16-17-18-19-20-27-39(45)42-30-29-41-28-23-25-34-32(2)38(43-33(34)3)31-36-35-24-21-22-26-37(35)44-40(36)46/h5-6,8-9,11-12,14-15,17-18,21-22,24,26,31,41,43H,4,7,10,13,16,19-20,23,25,27-30H2,1-3H3,(H,42,45)(H,44,46)/b6-5-,9-8?,12-11?,15-14-,18-17-,36-31-. The molecular formula is C40H54N4O2. The van der Waals surface area contributed by atoms with Gasteiger partial charge >= 0.3 is 0 Å².